The molecular formula is C19H18F3NO3. The Balaban J connectivity index is 2.01. The number of benzene rings is 2. The first-order chi connectivity index (χ1) is 12.0. The van der Waals surface area contributed by atoms with Crippen LogP contribution in [0, 0.1) is 0 Å². The number of alkyl halides is 3. The molecule has 0 aliphatic carbocycles. The highest BCUT2D eigenvalue weighted by Crippen LogP contribution is 2.29. The number of carbonyl (C=O) groups is 2. The molecule has 2 aromatic carbocycles. The summed E-state index contributed by atoms with van der Waals surface area (Å²) in [6.45, 7) is 3.15. The van der Waals surface area contributed by atoms with Crippen molar-refractivity contribution in [3.8, 4) is 0 Å². The summed E-state index contributed by atoms with van der Waals surface area (Å²) in [5.41, 5.74) is -0.294. The highest BCUT2D eigenvalue weighted by atomic mass is 19.4. The first-order valence-corrected chi connectivity index (χ1v) is 7.80. The minimum atomic E-state index is -4.41. The van der Waals surface area contributed by atoms with Crippen molar-refractivity contribution in [1.82, 2.24) is 0 Å². The third kappa shape index (κ3) is 4.62. The molecule has 0 unspecified atom stereocenters. The zero-order valence-corrected chi connectivity index (χ0v) is 14.2. The number of hydrogen-bond donors (Lipinski definition) is 2. The maximum Gasteiger partial charge on any atom is 0.416 e. The van der Waals surface area contributed by atoms with Crippen molar-refractivity contribution in [3.63, 3.8) is 0 Å². The lowest BCUT2D eigenvalue weighted by atomic mass is 9.85. The molecule has 0 bridgehead atoms. The first kappa shape index (κ1) is 19.5. The number of carboxylic acid groups (broad SMARTS) is 1. The van der Waals surface area contributed by atoms with Crippen LogP contribution in [0.3, 0.4) is 0 Å². The van der Waals surface area contributed by atoms with Crippen molar-refractivity contribution >= 4 is 17.6 Å². The van der Waals surface area contributed by atoms with Crippen molar-refractivity contribution < 1.29 is 27.9 Å². The van der Waals surface area contributed by atoms with Crippen molar-refractivity contribution in [2.45, 2.75) is 31.9 Å². The highest BCUT2D eigenvalue weighted by Gasteiger charge is 2.30. The van der Waals surface area contributed by atoms with E-state index in [1.807, 2.05) is 0 Å². The van der Waals surface area contributed by atoms with Crippen LogP contribution in [0.5, 0.6) is 0 Å². The molecule has 0 atom stereocenters. The third-order valence-corrected chi connectivity index (χ3v) is 4.07. The molecule has 7 heteroatoms. The zero-order valence-electron chi connectivity index (χ0n) is 14.2. The van der Waals surface area contributed by atoms with E-state index in [1.54, 1.807) is 38.1 Å². The number of amides is 1. The number of hydrogen-bond acceptors (Lipinski definition) is 2. The van der Waals surface area contributed by atoms with E-state index in [0.29, 0.717) is 16.8 Å². The Bertz CT molecular complexity index is 794. The highest BCUT2D eigenvalue weighted by molar-refractivity contribution is 5.92. The molecule has 26 heavy (non-hydrogen) atoms. The summed E-state index contributed by atoms with van der Waals surface area (Å²) in [5, 5.41) is 11.8. The SMILES string of the molecule is CC(C)(C(=O)O)c1ccc(NC(=O)Cc2ccc(C(F)(F)F)cc2)cc1. The Morgan fingerprint density at radius 2 is 1.42 bits per heavy atom. The quantitative estimate of drug-likeness (QED) is 0.833. The minimum Gasteiger partial charge on any atom is -0.481 e. The molecule has 2 rings (SSSR count). The largest absolute Gasteiger partial charge is 0.481 e. The molecule has 0 aliphatic heterocycles. The number of rotatable bonds is 5. The summed E-state index contributed by atoms with van der Waals surface area (Å²) in [6.07, 6.45) is -4.48. The maximum atomic E-state index is 12.5. The van der Waals surface area contributed by atoms with E-state index in [4.69, 9.17) is 0 Å². The van der Waals surface area contributed by atoms with Crippen molar-refractivity contribution in [2.24, 2.45) is 0 Å². The van der Waals surface area contributed by atoms with Gasteiger partial charge in [-0.05, 0) is 49.2 Å². The molecule has 4 nitrogen and oxygen atoms in total. The van der Waals surface area contributed by atoms with Crippen LogP contribution in [0.1, 0.15) is 30.5 Å². The van der Waals surface area contributed by atoms with Crippen molar-refractivity contribution in [2.75, 3.05) is 5.32 Å². The van der Waals surface area contributed by atoms with Gasteiger partial charge in [-0.2, -0.15) is 13.2 Å². The fourth-order valence-corrected chi connectivity index (χ4v) is 2.30. The van der Waals surface area contributed by atoms with Gasteiger partial charge in [0.1, 0.15) is 0 Å². The average molecular weight is 365 g/mol. The Morgan fingerprint density at radius 1 is 0.923 bits per heavy atom. The monoisotopic (exact) mass is 365 g/mol. The Morgan fingerprint density at radius 3 is 1.88 bits per heavy atom. The summed E-state index contributed by atoms with van der Waals surface area (Å²) < 4.78 is 37.6. The second-order valence-corrected chi connectivity index (χ2v) is 6.43. The number of anilines is 1. The zero-order chi connectivity index (χ0) is 19.5. The van der Waals surface area contributed by atoms with Gasteiger partial charge in [0.05, 0.1) is 17.4 Å². The van der Waals surface area contributed by atoms with Crippen LogP contribution < -0.4 is 5.32 Å². The summed E-state index contributed by atoms with van der Waals surface area (Å²) in [7, 11) is 0. The molecular weight excluding hydrogens is 347 g/mol. The first-order valence-electron chi connectivity index (χ1n) is 7.80. The van der Waals surface area contributed by atoms with Gasteiger partial charge >= 0.3 is 12.1 Å². The van der Waals surface area contributed by atoms with E-state index in [9.17, 15) is 27.9 Å². The number of carboxylic acids is 1. The molecule has 0 heterocycles. The fraction of sp³-hybridized carbons (Fsp3) is 0.263. The lowest BCUT2D eigenvalue weighted by Gasteiger charge is -2.19. The number of aliphatic carboxylic acids is 1. The van der Waals surface area contributed by atoms with Crippen LogP contribution in [0.2, 0.25) is 0 Å². The van der Waals surface area contributed by atoms with Gasteiger partial charge < -0.3 is 10.4 Å². The van der Waals surface area contributed by atoms with Gasteiger partial charge in [0.2, 0.25) is 5.91 Å². The molecule has 0 spiro atoms. The number of nitrogens with one attached hydrogen (secondary N) is 1. The molecule has 0 radical (unpaired) electrons. The molecule has 0 aliphatic rings. The van der Waals surface area contributed by atoms with E-state index in [2.05, 4.69) is 5.32 Å². The lowest BCUT2D eigenvalue weighted by Crippen LogP contribution is -2.28. The Hall–Kier alpha value is -2.83. The van der Waals surface area contributed by atoms with Crippen molar-refractivity contribution in [3.05, 3.63) is 65.2 Å². The summed E-state index contributed by atoms with van der Waals surface area (Å²) in [5.74, 6) is -1.34. The van der Waals surface area contributed by atoms with Crippen LogP contribution in [0.25, 0.3) is 0 Å². The fourth-order valence-electron chi connectivity index (χ4n) is 2.30. The predicted molar refractivity (Wildman–Crippen MR) is 90.9 cm³/mol. The third-order valence-electron chi connectivity index (χ3n) is 4.07. The molecule has 0 saturated carbocycles. The Kier molecular flexibility index (Phi) is 5.39. The van der Waals surface area contributed by atoms with Gasteiger partial charge in [0.25, 0.3) is 0 Å². The molecule has 2 N–H and O–H groups in total. The van der Waals surface area contributed by atoms with E-state index < -0.39 is 23.1 Å². The van der Waals surface area contributed by atoms with Gasteiger partial charge in [-0.15, -0.1) is 0 Å². The maximum absolute atomic E-state index is 12.5. The van der Waals surface area contributed by atoms with Crippen LogP contribution in [0.4, 0.5) is 18.9 Å². The average Bonchev–Trinajstić information content (AvgIpc) is 2.54. The summed E-state index contributed by atoms with van der Waals surface area (Å²) >= 11 is 0. The van der Waals surface area contributed by atoms with E-state index in [-0.39, 0.29) is 12.3 Å². The normalized spacial score (nSPS) is 11.9. The second-order valence-electron chi connectivity index (χ2n) is 6.43. The van der Waals surface area contributed by atoms with Crippen LogP contribution in [-0.4, -0.2) is 17.0 Å². The van der Waals surface area contributed by atoms with Gasteiger partial charge in [0.15, 0.2) is 0 Å². The van der Waals surface area contributed by atoms with E-state index in [0.717, 1.165) is 12.1 Å². The second kappa shape index (κ2) is 7.19. The van der Waals surface area contributed by atoms with Crippen LogP contribution in [-0.2, 0) is 27.6 Å². The molecule has 2 aromatic rings. The summed E-state index contributed by atoms with van der Waals surface area (Å²) in [4.78, 5) is 23.3. The van der Waals surface area contributed by atoms with Crippen LogP contribution >= 0.6 is 0 Å². The topological polar surface area (TPSA) is 66.4 Å². The minimum absolute atomic E-state index is 0.0689. The standard InChI is InChI=1S/C19H18F3NO3/c1-18(2,17(25)26)13-7-9-15(10-8-13)23-16(24)11-12-3-5-14(6-4-12)19(20,21)22/h3-10H,11H2,1-2H3,(H,23,24)(H,25,26). The molecule has 0 saturated heterocycles. The molecule has 138 valence electrons. The van der Waals surface area contributed by atoms with Gasteiger partial charge in [-0.3, -0.25) is 9.59 Å². The molecule has 0 fully saturated rings. The molecule has 1 amide bonds. The predicted octanol–water partition coefficient (Wildman–Crippen LogP) is 4.25. The van der Waals surface area contributed by atoms with Gasteiger partial charge in [-0.1, -0.05) is 24.3 Å². The van der Waals surface area contributed by atoms with E-state index in [1.165, 1.54) is 12.1 Å². The smallest absolute Gasteiger partial charge is 0.416 e. The van der Waals surface area contributed by atoms with E-state index >= 15 is 0 Å². The lowest BCUT2D eigenvalue weighted by molar-refractivity contribution is -0.142. The molecule has 0 aromatic heterocycles. The van der Waals surface area contributed by atoms with Crippen molar-refractivity contribution in [1.29, 1.82) is 0 Å². The van der Waals surface area contributed by atoms with Crippen LogP contribution in [0.15, 0.2) is 48.5 Å². The Labute approximate surface area is 148 Å². The number of halogens is 3. The number of carbonyl (C=O) groups excluding carboxylic acids is 1. The van der Waals surface area contributed by atoms with Gasteiger partial charge in [0, 0.05) is 5.69 Å². The summed E-state index contributed by atoms with van der Waals surface area (Å²) in [6, 6.07) is 10.8. The van der Waals surface area contributed by atoms with Gasteiger partial charge in [-0.25, -0.2) is 0 Å².